The summed E-state index contributed by atoms with van der Waals surface area (Å²) >= 11 is 0. The number of hydrogen-bond acceptors (Lipinski definition) is 4. The van der Waals surface area contributed by atoms with Gasteiger partial charge in [-0.05, 0) is 38.9 Å². The maximum absolute atomic E-state index is 4.78. The smallest absolute Gasteiger partial charge is 0.124 e. The molecule has 1 N–H and O–H groups in total. The van der Waals surface area contributed by atoms with Crippen molar-refractivity contribution >= 4 is 0 Å². The molecular weight excluding hydrogens is 190 g/mol. The molecule has 1 aliphatic heterocycles. The number of hydrogen-bond donors (Lipinski definition) is 1. The van der Waals surface area contributed by atoms with Gasteiger partial charge in [0.1, 0.15) is 6.26 Å². The van der Waals surface area contributed by atoms with Gasteiger partial charge in [0.2, 0.25) is 0 Å². The van der Waals surface area contributed by atoms with Crippen LogP contribution in [-0.4, -0.2) is 36.7 Å². The van der Waals surface area contributed by atoms with E-state index in [0.717, 1.165) is 24.7 Å². The van der Waals surface area contributed by atoms with Crippen LogP contribution in [0.4, 0.5) is 0 Å². The van der Waals surface area contributed by atoms with Crippen LogP contribution < -0.4 is 5.32 Å². The standard InChI is InChI=1S/C11H19N3O/c1-14-5-2-3-10(9-14)7-12-8-11-4-6-15-13-11/h4,6,10,12H,2-3,5,7-9H2,1H3. The molecule has 4 nitrogen and oxygen atoms in total. The summed E-state index contributed by atoms with van der Waals surface area (Å²) in [5.74, 6) is 0.788. The SMILES string of the molecule is CN1CCCC(CNCc2ccon2)C1. The number of rotatable bonds is 4. The number of piperidine rings is 1. The average Bonchev–Trinajstić information content (AvgIpc) is 2.71. The van der Waals surface area contributed by atoms with Gasteiger partial charge in [0.15, 0.2) is 0 Å². The normalized spacial score (nSPS) is 23.1. The van der Waals surface area contributed by atoms with Gasteiger partial charge in [-0.1, -0.05) is 5.16 Å². The van der Waals surface area contributed by atoms with Crippen molar-refractivity contribution in [1.82, 2.24) is 15.4 Å². The van der Waals surface area contributed by atoms with Crippen LogP contribution >= 0.6 is 0 Å². The van der Waals surface area contributed by atoms with E-state index in [1.165, 1.54) is 25.9 Å². The van der Waals surface area contributed by atoms with Crippen molar-refractivity contribution in [2.75, 3.05) is 26.7 Å². The first kappa shape index (κ1) is 10.6. The molecule has 0 aliphatic carbocycles. The lowest BCUT2D eigenvalue weighted by Crippen LogP contribution is -2.37. The van der Waals surface area contributed by atoms with Crippen molar-refractivity contribution in [2.45, 2.75) is 19.4 Å². The molecule has 0 radical (unpaired) electrons. The highest BCUT2D eigenvalue weighted by atomic mass is 16.5. The molecule has 15 heavy (non-hydrogen) atoms. The lowest BCUT2D eigenvalue weighted by atomic mass is 9.98. The maximum Gasteiger partial charge on any atom is 0.124 e. The summed E-state index contributed by atoms with van der Waals surface area (Å²) in [5, 5.41) is 7.29. The molecule has 0 saturated carbocycles. The molecule has 2 rings (SSSR count). The molecule has 0 bridgehead atoms. The van der Waals surface area contributed by atoms with Crippen molar-refractivity contribution in [3.63, 3.8) is 0 Å². The second-order valence-electron chi connectivity index (χ2n) is 4.39. The summed E-state index contributed by atoms with van der Waals surface area (Å²) in [5.41, 5.74) is 0.985. The van der Waals surface area contributed by atoms with Gasteiger partial charge >= 0.3 is 0 Å². The number of likely N-dealkylation sites (tertiary alicyclic amines) is 1. The maximum atomic E-state index is 4.78. The zero-order chi connectivity index (χ0) is 10.5. The van der Waals surface area contributed by atoms with Crippen LogP contribution in [0.1, 0.15) is 18.5 Å². The molecular formula is C11H19N3O. The number of nitrogens with zero attached hydrogens (tertiary/aromatic N) is 2. The van der Waals surface area contributed by atoms with Crippen LogP contribution in [0.5, 0.6) is 0 Å². The van der Waals surface area contributed by atoms with Crippen LogP contribution in [0.2, 0.25) is 0 Å². The quantitative estimate of drug-likeness (QED) is 0.806. The van der Waals surface area contributed by atoms with E-state index in [-0.39, 0.29) is 0 Å². The van der Waals surface area contributed by atoms with Crippen LogP contribution in [0.3, 0.4) is 0 Å². The highest BCUT2D eigenvalue weighted by Gasteiger charge is 2.16. The molecule has 1 aliphatic rings. The Morgan fingerprint density at radius 2 is 2.60 bits per heavy atom. The van der Waals surface area contributed by atoms with E-state index < -0.39 is 0 Å². The van der Waals surface area contributed by atoms with Crippen molar-refractivity contribution in [3.8, 4) is 0 Å². The Morgan fingerprint density at radius 1 is 1.67 bits per heavy atom. The topological polar surface area (TPSA) is 41.3 Å². The van der Waals surface area contributed by atoms with Gasteiger partial charge in [-0.25, -0.2) is 0 Å². The fourth-order valence-electron chi connectivity index (χ4n) is 2.17. The molecule has 1 unspecified atom stereocenters. The van der Waals surface area contributed by atoms with Crippen molar-refractivity contribution in [1.29, 1.82) is 0 Å². The minimum Gasteiger partial charge on any atom is -0.364 e. The fourth-order valence-corrected chi connectivity index (χ4v) is 2.17. The second kappa shape index (κ2) is 5.28. The molecule has 0 amide bonds. The minimum atomic E-state index is 0.788. The third kappa shape index (κ3) is 3.32. The predicted octanol–water partition coefficient (Wildman–Crippen LogP) is 1.11. The lowest BCUT2D eigenvalue weighted by molar-refractivity contribution is 0.206. The Balaban J connectivity index is 1.65. The Morgan fingerprint density at radius 3 is 3.33 bits per heavy atom. The van der Waals surface area contributed by atoms with Gasteiger partial charge < -0.3 is 14.7 Å². The number of aromatic nitrogens is 1. The Bertz CT molecular complexity index is 273. The molecule has 84 valence electrons. The van der Waals surface area contributed by atoms with Crippen molar-refractivity contribution in [3.05, 3.63) is 18.0 Å². The minimum absolute atomic E-state index is 0.788. The Labute approximate surface area is 90.6 Å². The average molecular weight is 209 g/mol. The van der Waals surface area contributed by atoms with E-state index in [1.807, 2.05) is 6.07 Å². The van der Waals surface area contributed by atoms with Crippen LogP contribution in [0.25, 0.3) is 0 Å². The summed E-state index contributed by atoms with van der Waals surface area (Å²) in [6, 6.07) is 1.90. The highest BCUT2D eigenvalue weighted by Crippen LogP contribution is 2.13. The van der Waals surface area contributed by atoms with Gasteiger partial charge in [-0.15, -0.1) is 0 Å². The van der Waals surface area contributed by atoms with Gasteiger partial charge in [0.05, 0.1) is 5.69 Å². The summed E-state index contributed by atoms with van der Waals surface area (Å²) in [6.45, 7) is 4.36. The second-order valence-corrected chi connectivity index (χ2v) is 4.39. The van der Waals surface area contributed by atoms with E-state index in [4.69, 9.17) is 4.52 Å². The first-order chi connectivity index (χ1) is 7.34. The summed E-state index contributed by atoms with van der Waals surface area (Å²) in [6.07, 6.45) is 4.29. The third-order valence-electron chi connectivity index (χ3n) is 2.95. The fraction of sp³-hybridized carbons (Fsp3) is 0.727. The van der Waals surface area contributed by atoms with Crippen molar-refractivity contribution < 1.29 is 4.52 Å². The zero-order valence-corrected chi connectivity index (χ0v) is 9.28. The van der Waals surface area contributed by atoms with Gasteiger partial charge in [-0.3, -0.25) is 0 Å². The molecule has 0 aromatic carbocycles. The summed E-state index contributed by atoms with van der Waals surface area (Å²) < 4.78 is 4.78. The van der Waals surface area contributed by atoms with Gasteiger partial charge in [0, 0.05) is 19.2 Å². The molecule has 4 heteroatoms. The lowest BCUT2D eigenvalue weighted by Gasteiger charge is -2.29. The molecule has 1 atom stereocenters. The first-order valence-electron chi connectivity index (χ1n) is 5.63. The summed E-state index contributed by atoms with van der Waals surface area (Å²) in [7, 11) is 2.20. The molecule has 1 aromatic heterocycles. The molecule has 1 fully saturated rings. The largest absolute Gasteiger partial charge is 0.364 e. The zero-order valence-electron chi connectivity index (χ0n) is 9.28. The van der Waals surface area contributed by atoms with Crippen LogP contribution in [-0.2, 0) is 6.54 Å². The van der Waals surface area contributed by atoms with E-state index in [9.17, 15) is 0 Å². The van der Waals surface area contributed by atoms with Crippen molar-refractivity contribution in [2.24, 2.45) is 5.92 Å². The molecule has 1 aromatic rings. The third-order valence-corrected chi connectivity index (χ3v) is 2.95. The predicted molar refractivity (Wildman–Crippen MR) is 58.4 cm³/mol. The van der Waals surface area contributed by atoms with E-state index >= 15 is 0 Å². The number of nitrogens with one attached hydrogen (secondary N) is 1. The Hall–Kier alpha value is -0.870. The highest BCUT2D eigenvalue weighted by molar-refractivity contribution is 4.94. The van der Waals surface area contributed by atoms with Gasteiger partial charge in [0.25, 0.3) is 0 Å². The Kier molecular flexibility index (Phi) is 3.75. The molecule has 2 heterocycles. The van der Waals surface area contributed by atoms with Gasteiger partial charge in [-0.2, -0.15) is 0 Å². The summed E-state index contributed by atoms with van der Waals surface area (Å²) in [4.78, 5) is 2.41. The molecule has 1 saturated heterocycles. The van der Waals surface area contributed by atoms with E-state index in [2.05, 4.69) is 22.4 Å². The first-order valence-corrected chi connectivity index (χ1v) is 5.63. The van der Waals surface area contributed by atoms with Crippen LogP contribution in [0, 0.1) is 5.92 Å². The van der Waals surface area contributed by atoms with E-state index in [0.29, 0.717) is 0 Å². The van der Waals surface area contributed by atoms with Crippen LogP contribution in [0.15, 0.2) is 16.9 Å². The van der Waals surface area contributed by atoms with E-state index in [1.54, 1.807) is 6.26 Å². The monoisotopic (exact) mass is 209 g/mol. The molecule has 0 spiro atoms.